The SMILES string of the molecule is O=C(Nc1cc(Cl)ccc1F)NC(CO)c1ccccc1. The highest BCUT2D eigenvalue weighted by Gasteiger charge is 2.14. The maximum Gasteiger partial charge on any atom is 0.319 e. The Hall–Kier alpha value is -2.11. The molecule has 0 aliphatic carbocycles. The van der Waals surface area contributed by atoms with E-state index in [1.54, 1.807) is 24.3 Å². The van der Waals surface area contributed by atoms with Crippen LogP contribution in [-0.4, -0.2) is 17.7 Å². The first-order chi connectivity index (χ1) is 10.1. The maximum absolute atomic E-state index is 13.5. The van der Waals surface area contributed by atoms with Crippen molar-refractivity contribution >= 4 is 23.3 Å². The van der Waals surface area contributed by atoms with Crippen LogP contribution in [0.1, 0.15) is 11.6 Å². The van der Waals surface area contributed by atoms with Gasteiger partial charge in [-0.25, -0.2) is 9.18 Å². The minimum atomic E-state index is -0.626. The van der Waals surface area contributed by atoms with Gasteiger partial charge in [0.05, 0.1) is 18.3 Å². The second kappa shape index (κ2) is 7.06. The summed E-state index contributed by atoms with van der Waals surface area (Å²) in [6, 6.07) is 11.7. The Morgan fingerprint density at radius 2 is 1.95 bits per heavy atom. The normalized spacial score (nSPS) is 11.8. The average Bonchev–Trinajstić information content (AvgIpc) is 2.49. The Morgan fingerprint density at radius 1 is 1.24 bits per heavy atom. The van der Waals surface area contributed by atoms with Crippen LogP contribution in [0.4, 0.5) is 14.9 Å². The number of rotatable bonds is 4. The second-order valence-corrected chi connectivity index (χ2v) is 4.80. The zero-order valence-electron chi connectivity index (χ0n) is 11.0. The summed E-state index contributed by atoms with van der Waals surface area (Å²) in [6.45, 7) is -0.268. The first kappa shape index (κ1) is 15.3. The molecule has 0 heterocycles. The molecule has 4 nitrogen and oxygen atoms in total. The first-order valence-electron chi connectivity index (χ1n) is 6.28. The molecule has 21 heavy (non-hydrogen) atoms. The Morgan fingerprint density at radius 3 is 2.62 bits per heavy atom. The lowest BCUT2D eigenvalue weighted by atomic mass is 10.1. The Labute approximate surface area is 126 Å². The van der Waals surface area contributed by atoms with Crippen molar-refractivity contribution in [1.29, 1.82) is 0 Å². The van der Waals surface area contributed by atoms with Crippen molar-refractivity contribution in [1.82, 2.24) is 5.32 Å². The van der Waals surface area contributed by atoms with Gasteiger partial charge in [-0.1, -0.05) is 41.9 Å². The van der Waals surface area contributed by atoms with Crippen LogP contribution in [0.2, 0.25) is 5.02 Å². The molecule has 0 fully saturated rings. The standard InChI is InChI=1S/C15H14ClFN2O2/c16-11-6-7-12(17)13(8-11)18-15(21)19-14(9-20)10-4-2-1-3-5-10/h1-8,14,20H,9H2,(H2,18,19,21). The Balaban J connectivity index is 2.05. The second-order valence-electron chi connectivity index (χ2n) is 4.37. The number of amides is 2. The van der Waals surface area contributed by atoms with Crippen molar-refractivity contribution in [3.63, 3.8) is 0 Å². The number of aliphatic hydroxyl groups is 1. The van der Waals surface area contributed by atoms with Crippen LogP contribution in [0.25, 0.3) is 0 Å². The highest BCUT2D eigenvalue weighted by atomic mass is 35.5. The molecule has 0 aliphatic rings. The fourth-order valence-corrected chi connectivity index (χ4v) is 2.00. The smallest absolute Gasteiger partial charge is 0.319 e. The lowest BCUT2D eigenvalue weighted by molar-refractivity contribution is 0.225. The number of carbonyl (C=O) groups is 1. The molecule has 2 rings (SSSR count). The summed E-state index contributed by atoms with van der Waals surface area (Å²) in [6.07, 6.45) is 0. The quantitative estimate of drug-likeness (QED) is 0.811. The number of benzene rings is 2. The average molecular weight is 309 g/mol. The summed E-state index contributed by atoms with van der Waals surface area (Å²) in [7, 11) is 0. The van der Waals surface area contributed by atoms with Crippen LogP contribution in [0.15, 0.2) is 48.5 Å². The van der Waals surface area contributed by atoms with Gasteiger partial charge < -0.3 is 15.7 Å². The molecule has 0 bridgehead atoms. The lowest BCUT2D eigenvalue weighted by Gasteiger charge is -2.17. The van der Waals surface area contributed by atoms with E-state index in [-0.39, 0.29) is 12.3 Å². The summed E-state index contributed by atoms with van der Waals surface area (Å²) in [5, 5.41) is 14.6. The van der Waals surface area contributed by atoms with E-state index >= 15 is 0 Å². The molecule has 3 N–H and O–H groups in total. The van der Waals surface area contributed by atoms with Crippen molar-refractivity contribution in [2.45, 2.75) is 6.04 Å². The lowest BCUT2D eigenvalue weighted by Crippen LogP contribution is -2.34. The molecule has 0 spiro atoms. The van der Waals surface area contributed by atoms with Gasteiger partial charge in [-0.2, -0.15) is 0 Å². The molecule has 1 unspecified atom stereocenters. The highest BCUT2D eigenvalue weighted by molar-refractivity contribution is 6.30. The van der Waals surface area contributed by atoms with E-state index in [9.17, 15) is 14.3 Å². The number of nitrogens with one attached hydrogen (secondary N) is 2. The van der Waals surface area contributed by atoms with Gasteiger partial charge in [-0.3, -0.25) is 0 Å². The maximum atomic E-state index is 13.5. The van der Waals surface area contributed by atoms with E-state index in [4.69, 9.17) is 11.6 Å². The van der Waals surface area contributed by atoms with Gasteiger partial charge in [0.1, 0.15) is 5.82 Å². The molecule has 2 amide bonds. The molecule has 6 heteroatoms. The molecule has 0 saturated heterocycles. The molecule has 0 saturated carbocycles. The van der Waals surface area contributed by atoms with Crippen molar-refractivity contribution < 1.29 is 14.3 Å². The topological polar surface area (TPSA) is 61.4 Å². The predicted octanol–water partition coefficient (Wildman–Crippen LogP) is 3.33. The molecule has 2 aromatic carbocycles. The zero-order valence-corrected chi connectivity index (χ0v) is 11.8. The minimum Gasteiger partial charge on any atom is -0.394 e. The summed E-state index contributed by atoms with van der Waals surface area (Å²) >= 11 is 5.75. The first-order valence-corrected chi connectivity index (χ1v) is 6.66. The number of carbonyl (C=O) groups excluding carboxylic acids is 1. The van der Waals surface area contributed by atoms with Gasteiger partial charge >= 0.3 is 6.03 Å². The van der Waals surface area contributed by atoms with Crippen LogP contribution >= 0.6 is 11.6 Å². The highest BCUT2D eigenvalue weighted by Crippen LogP contribution is 2.20. The van der Waals surface area contributed by atoms with E-state index in [1.165, 1.54) is 18.2 Å². The van der Waals surface area contributed by atoms with Gasteiger partial charge in [0, 0.05) is 5.02 Å². The third kappa shape index (κ3) is 4.18. The van der Waals surface area contributed by atoms with Crippen LogP contribution in [-0.2, 0) is 0 Å². The summed E-state index contributed by atoms with van der Waals surface area (Å²) in [4.78, 5) is 11.9. The molecular formula is C15H14ClFN2O2. The third-order valence-corrected chi connectivity index (χ3v) is 3.10. The van der Waals surface area contributed by atoms with E-state index in [2.05, 4.69) is 10.6 Å². The minimum absolute atomic E-state index is 0.0234. The van der Waals surface area contributed by atoms with E-state index < -0.39 is 17.9 Å². The molecule has 0 radical (unpaired) electrons. The largest absolute Gasteiger partial charge is 0.394 e. The number of urea groups is 1. The van der Waals surface area contributed by atoms with E-state index in [1.807, 2.05) is 6.07 Å². The van der Waals surface area contributed by atoms with Crippen LogP contribution in [0, 0.1) is 5.82 Å². The Kier molecular flexibility index (Phi) is 5.14. The van der Waals surface area contributed by atoms with Gasteiger partial charge in [-0.15, -0.1) is 0 Å². The van der Waals surface area contributed by atoms with E-state index in [0.717, 1.165) is 5.56 Å². The monoisotopic (exact) mass is 308 g/mol. The molecule has 1 atom stereocenters. The molecular weight excluding hydrogens is 295 g/mol. The van der Waals surface area contributed by atoms with Crippen LogP contribution < -0.4 is 10.6 Å². The molecule has 0 aromatic heterocycles. The van der Waals surface area contributed by atoms with Crippen molar-refractivity contribution in [2.24, 2.45) is 0 Å². The third-order valence-electron chi connectivity index (χ3n) is 2.87. The van der Waals surface area contributed by atoms with E-state index in [0.29, 0.717) is 5.02 Å². The summed E-state index contributed by atoms with van der Waals surface area (Å²) in [5.74, 6) is -0.588. The zero-order chi connectivity index (χ0) is 15.2. The number of aliphatic hydroxyl groups excluding tert-OH is 1. The number of hydrogen-bond acceptors (Lipinski definition) is 2. The van der Waals surface area contributed by atoms with Gasteiger partial charge in [0.2, 0.25) is 0 Å². The van der Waals surface area contributed by atoms with Crippen LogP contribution in [0.3, 0.4) is 0 Å². The van der Waals surface area contributed by atoms with Crippen molar-refractivity contribution in [3.8, 4) is 0 Å². The summed E-state index contributed by atoms with van der Waals surface area (Å²) < 4.78 is 13.5. The fourth-order valence-electron chi connectivity index (χ4n) is 1.83. The van der Waals surface area contributed by atoms with Crippen molar-refractivity contribution in [2.75, 3.05) is 11.9 Å². The molecule has 2 aromatic rings. The Bertz CT molecular complexity index is 622. The van der Waals surface area contributed by atoms with Gasteiger partial charge in [0.15, 0.2) is 0 Å². The number of halogens is 2. The van der Waals surface area contributed by atoms with Crippen molar-refractivity contribution in [3.05, 3.63) is 64.9 Å². The van der Waals surface area contributed by atoms with Crippen LogP contribution in [0.5, 0.6) is 0 Å². The molecule has 0 aliphatic heterocycles. The summed E-state index contributed by atoms with van der Waals surface area (Å²) in [5.41, 5.74) is 0.728. The number of hydrogen-bond donors (Lipinski definition) is 3. The van der Waals surface area contributed by atoms with Gasteiger partial charge in [0.25, 0.3) is 0 Å². The predicted molar refractivity (Wildman–Crippen MR) is 79.8 cm³/mol. The molecule has 110 valence electrons. The number of anilines is 1. The van der Waals surface area contributed by atoms with Gasteiger partial charge in [-0.05, 0) is 23.8 Å². The fraction of sp³-hybridized carbons (Fsp3) is 0.133.